The lowest BCUT2D eigenvalue weighted by Gasteiger charge is -2.32. The monoisotopic (exact) mass is 274 g/mol. The third-order valence-corrected chi connectivity index (χ3v) is 4.31. The van der Waals surface area contributed by atoms with E-state index < -0.39 is 0 Å². The molecule has 0 unspecified atom stereocenters. The van der Waals surface area contributed by atoms with E-state index in [1.165, 1.54) is 37.1 Å². The minimum atomic E-state index is 0.253. The molecule has 1 aliphatic heterocycles. The highest BCUT2D eigenvalue weighted by atomic mass is 15.1. The zero-order valence-electron chi connectivity index (χ0n) is 13.6. The summed E-state index contributed by atoms with van der Waals surface area (Å²) in [6.07, 6.45) is 2.57. The normalized spacial score (nSPS) is 18.4. The fraction of sp³-hybridized carbons (Fsp3) is 0.667. The van der Waals surface area contributed by atoms with Crippen LogP contribution in [0.2, 0.25) is 0 Å². The minimum absolute atomic E-state index is 0.253. The zero-order chi connectivity index (χ0) is 14.6. The van der Waals surface area contributed by atoms with Crippen LogP contribution < -0.4 is 5.32 Å². The molecule has 1 aromatic rings. The Labute approximate surface area is 124 Å². The van der Waals surface area contributed by atoms with Gasteiger partial charge in [-0.3, -0.25) is 4.90 Å². The standard InChI is InChI=1S/C18H30N2/c1-5-19-17-10-12-20(13-11-17)14-15-6-8-16(9-7-15)18(2,3)4/h6-9,17,19H,5,10-14H2,1-4H3. The third kappa shape index (κ3) is 4.32. The maximum Gasteiger partial charge on any atom is 0.0233 e. The Hall–Kier alpha value is -0.860. The first-order valence-electron chi connectivity index (χ1n) is 8.04. The summed E-state index contributed by atoms with van der Waals surface area (Å²) in [6, 6.07) is 9.93. The highest BCUT2D eigenvalue weighted by Gasteiger charge is 2.18. The molecular weight excluding hydrogens is 244 g/mol. The summed E-state index contributed by atoms with van der Waals surface area (Å²) in [5, 5.41) is 3.57. The number of benzene rings is 1. The van der Waals surface area contributed by atoms with Crippen LogP contribution in [0.5, 0.6) is 0 Å². The van der Waals surface area contributed by atoms with Crippen molar-refractivity contribution in [1.82, 2.24) is 10.2 Å². The van der Waals surface area contributed by atoms with Crippen molar-refractivity contribution in [1.29, 1.82) is 0 Å². The van der Waals surface area contributed by atoms with Gasteiger partial charge in [-0.1, -0.05) is 52.0 Å². The quantitative estimate of drug-likeness (QED) is 0.903. The molecule has 0 spiro atoms. The Morgan fingerprint density at radius 3 is 2.20 bits per heavy atom. The Morgan fingerprint density at radius 2 is 1.70 bits per heavy atom. The van der Waals surface area contributed by atoms with E-state index in [1.54, 1.807) is 0 Å². The predicted octanol–water partition coefficient (Wildman–Crippen LogP) is 3.56. The topological polar surface area (TPSA) is 15.3 Å². The number of hydrogen-bond acceptors (Lipinski definition) is 2. The summed E-state index contributed by atoms with van der Waals surface area (Å²) in [4.78, 5) is 2.58. The fourth-order valence-corrected chi connectivity index (χ4v) is 2.95. The van der Waals surface area contributed by atoms with Crippen LogP contribution in [0.3, 0.4) is 0 Å². The number of piperidine rings is 1. The van der Waals surface area contributed by atoms with Crippen molar-refractivity contribution >= 4 is 0 Å². The van der Waals surface area contributed by atoms with Crippen LogP contribution in [0.1, 0.15) is 51.7 Å². The highest BCUT2D eigenvalue weighted by molar-refractivity contribution is 5.27. The van der Waals surface area contributed by atoms with Gasteiger partial charge in [0, 0.05) is 12.6 Å². The first kappa shape index (κ1) is 15.5. The zero-order valence-corrected chi connectivity index (χ0v) is 13.6. The van der Waals surface area contributed by atoms with Crippen LogP contribution in [-0.2, 0) is 12.0 Å². The lowest BCUT2D eigenvalue weighted by atomic mass is 9.86. The van der Waals surface area contributed by atoms with Gasteiger partial charge in [0.15, 0.2) is 0 Å². The molecular formula is C18H30N2. The summed E-state index contributed by atoms with van der Waals surface area (Å²) in [7, 11) is 0. The predicted molar refractivity (Wildman–Crippen MR) is 87.1 cm³/mol. The van der Waals surface area contributed by atoms with Gasteiger partial charge in [0.1, 0.15) is 0 Å². The number of rotatable bonds is 4. The van der Waals surface area contributed by atoms with Gasteiger partial charge in [0.2, 0.25) is 0 Å². The van der Waals surface area contributed by atoms with Gasteiger partial charge in [0.25, 0.3) is 0 Å². The van der Waals surface area contributed by atoms with E-state index in [9.17, 15) is 0 Å². The number of hydrogen-bond donors (Lipinski definition) is 1. The molecule has 0 radical (unpaired) electrons. The molecule has 0 bridgehead atoms. The summed E-state index contributed by atoms with van der Waals surface area (Å²) in [5.74, 6) is 0. The van der Waals surface area contributed by atoms with Crippen molar-refractivity contribution in [2.75, 3.05) is 19.6 Å². The van der Waals surface area contributed by atoms with E-state index >= 15 is 0 Å². The molecule has 1 aliphatic rings. The van der Waals surface area contributed by atoms with Crippen molar-refractivity contribution in [3.8, 4) is 0 Å². The molecule has 2 rings (SSSR count). The van der Waals surface area contributed by atoms with E-state index in [0.717, 1.165) is 19.1 Å². The van der Waals surface area contributed by atoms with Gasteiger partial charge in [-0.25, -0.2) is 0 Å². The SMILES string of the molecule is CCNC1CCN(Cc2ccc(C(C)(C)C)cc2)CC1. The number of nitrogens with zero attached hydrogens (tertiary/aromatic N) is 1. The molecule has 0 aliphatic carbocycles. The van der Waals surface area contributed by atoms with E-state index in [-0.39, 0.29) is 5.41 Å². The molecule has 20 heavy (non-hydrogen) atoms. The van der Waals surface area contributed by atoms with Crippen LogP contribution in [0.4, 0.5) is 0 Å². The summed E-state index contributed by atoms with van der Waals surface area (Å²) in [6.45, 7) is 13.7. The molecule has 1 N–H and O–H groups in total. The van der Waals surface area contributed by atoms with Crippen molar-refractivity contribution in [2.24, 2.45) is 0 Å². The molecule has 1 saturated heterocycles. The van der Waals surface area contributed by atoms with Gasteiger partial charge in [-0.05, 0) is 49.0 Å². The van der Waals surface area contributed by atoms with E-state index in [1.807, 2.05) is 0 Å². The highest BCUT2D eigenvalue weighted by Crippen LogP contribution is 2.23. The maximum atomic E-state index is 3.57. The number of nitrogens with one attached hydrogen (secondary N) is 1. The number of likely N-dealkylation sites (tertiary alicyclic amines) is 1. The molecule has 0 amide bonds. The van der Waals surface area contributed by atoms with Gasteiger partial charge in [0.05, 0.1) is 0 Å². The van der Waals surface area contributed by atoms with Crippen LogP contribution in [0.15, 0.2) is 24.3 Å². The van der Waals surface area contributed by atoms with Crippen LogP contribution in [0.25, 0.3) is 0 Å². The second-order valence-corrected chi connectivity index (χ2v) is 7.06. The molecule has 1 heterocycles. The minimum Gasteiger partial charge on any atom is -0.314 e. The van der Waals surface area contributed by atoms with Gasteiger partial charge < -0.3 is 5.32 Å². The first-order chi connectivity index (χ1) is 9.49. The summed E-state index contributed by atoms with van der Waals surface area (Å²) >= 11 is 0. The Morgan fingerprint density at radius 1 is 1.10 bits per heavy atom. The lowest BCUT2D eigenvalue weighted by Crippen LogP contribution is -2.42. The van der Waals surface area contributed by atoms with Gasteiger partial charge in [-0.2, -0.15) is 0 Å². The van der Waals surface area contributed by atoms with E-state index in [2.05, 4.69) is 62.2 Å². The van der Waals surface area contributed by atoms with Crippen molar-refractivity contribution in [3.05, 3.63) is 35.4 Å². The van der Waals surface area contributed by atoms with Crippen molar-refractivity contribution < 1.29 is 0 Å². The van der Waals surface area contributed by atoms with E-state index in [0.29, 0.717) is 0 Å². The first-order valence-corrected chi connectivity index (χ1v) is 8.04. The smallest absolute Gasteiger partial charge is 0.0233 e. The molecule has 0 atom stereocenters. The van der Waals surface area contributed by atoms with Gasteiger partial charge in [-0.15, -0.1) is 0 Å². The average molecular weight is 274 g/mol. The van der Waals surface area contributed by atoms with E-state index in [4.69, 9.17) is 0 Å². The van der Waals surface area contributed by atoms with Crippen molar-refractivity contribution in [3.63, 3.8) is 0 Å². The maximum absolute atomic E-state index is 3.57. The Balaban J connectivity index is 1.85. The summed E-state index contributed by atoms with van der Waals surface area (Å²) < 4.78 is 0. The van der Waals surface area contributed by atoms with Crippen LogP contribution >= 0.6 is 0 Å². The average Bonchev–Trinajstić information content (AvgIpc) is 2.41. The molecule has 1 aromatic carbocycles. The Kier molecular flexibility index (Phi) is 5.22. The van der Waals surface area contributed by atoms with Crippen molar-refractivity contribution in [2.45, 2.75) is 58.5 Å². The third-order valence-electron chi connectivity index (χ3n) is 4.31. The molecule has 112 valence electrons. The molecule has 1 fully saturated rings. The lowest BCUT2D eigenvalue weighted by molar-refractivity contribution is 0.192. The van der Waals surface area contributed by atoms with Crippen LogP contribution in [-0.4, -0.2) is 30.6 Å². The second kappa shape index (κ2) is 6.73. The fourth-order valence-electron chi connectivity index (χ4n) is 2.95. The molecule has 0 aromatic heterocycles. The molecule has 2 nitrogen and oxygen atoms in total. The molecule has 0 saturated carbocycles. The van der Waals surface area contributed by atoms with Crippen LogP contribution in [0, 0.1) is 0 Å². The Bertz CT molecular complexity index is 394. The largest absolute Gasteiger partial charge is 0.314 e. The second-order valence-electron chi connectivity index (χ2n) is 7.06. The molecule has 2 heteroatoms. The summed E-state index contributed by atoms with van der Waals surface area (Å²) in [5.41, 5.74) is 3.12. The van der Waals surface area contributed by atoms with Gasteiger partial charge >= 0.3 is 0 Å².